The van der Waals surface area contributed by atoms with Gasteiger partial charge in [0, 0.05) is 17.3 Å². The Bertz CT molecular complexity index is 1470. The molecule has 1 aliphatic heterocycles. The second-order valence-corrected chi connectivity index (χ2v) is 11.5. The van der Waals surface area contributed by atoms with Crippen LogP contribution in [0.4, 0.5) is 0 Å². The van der Waals surface area contributed by atoms with E-state index in [0.29, 0.717) is 17.9 Å². The van der Waals surface area contributed by atoms with Gasteiger partial charge in [-0.1, -0.05) is 31.4 Å². The third-order valence-electron chi connectivity index (χ3n) is 6.79. The summed E-state index contributed by atoms with van der Waals surface area (Å²) < 4.78 is 37.2. The van der Waals surface area contributed by atoms with Gasteiger partial charge < -0.3 is 24.2 Å². The Morgan fingerprint density at radius 3 is 2.50 bits per heavy atom. The van der Waals surface area contributed by atoms with Gasteiger partial charge in [-0.2, -0.15) is 5.09 Å². The number of aromatic amines is 1. The van der Waals surface area contributed by atoms with Crippen LogP contribution in [0.2, 0.25) is 5.02 Å². The van der Waals surface area contributed by atoms with Gasteiger partial charge in [0.05, 0.1) is 0 Å². The van der Waals surface area contributed by atoms with Crippen LogP contribution >= 0.6 is 19.3 Å². The molecule has 1 saturated heterocycles. The first kappa shape index (κ1) is 30.0. The molecule has 0 radical (unpaired) electrons. The maximum absolute atomic E-state index is 14.0. The number of aromatic nitrogens is 2. The highest BCUT2D eigenvalue weighted by atomic mass is 35.5. The van der Waals surface area contributed by atoms with Gasteiger partial charge in [0.2, 0.25) is 5.60 Å². The van der Waals surface area contributed by atoms with Crippen LogP contribution in [0.1, 0.15) is 39.8 Å². The quantitative estimate of drug-likeness (QED) is 0.167. The van der Waals surface area contributed by atoms with Gasteiger partial charge in [-0.25, -0.2) is 9.36 Å². The molecule has 40 heavy (non-hydrogen) atoms. The number of fused-ring (bicyclic) bond motifs is 1. The van der Waals surface area contributed by atoms with E-state index < -0.39 is 60.6 Å². The first-order chi connectivity index (χ1) is 18.8. The summed E-state index contributed by atoms with van der Waals surface area (Å²) in [6.45, 7) is 5.09. The number of ether oxygens (including phenoxy) is 2. The van der Waals surface area contributed by atoms with Crippen LogP contribution in [0.5, 0.6) is 5.75 Å². The van der Waals surface area contributed by atoms with Crippen LogP contribution in [0, 0.1) is 12.3 Å². The smallest absolute Gasteiger partial charge is 0.459 e. The van der Waals surface area contributed by atoms with Gasteiger partial charge in [0.1, 0.15) is 30.1 Å². The maximum atomic E-state index is 14.0. The molecule has 216 valence electrons. The van der Waals surface area contributed by atoms with Gasteiger partial charge in [-0.05, 0) is 44.0 Å². The molecule has 0 amide bonds. The monoisotopic (exact) mass is 597 g/mol. The molecular formula is C25H29ClN3O10P. The number of carbonyl (C=O) groups is 1. The lowest BCUT2D eigenvalue weighted by molar-refractivity contribution is -0.151. The molecule has 1 aromatic heterocycles. The summed E-state index contributed by atoms with van der Waals surface area (Å²) in [5.41, 5.74) is -6.55. The Morgan fingerprint density at radius 2 is 1.93 bits per heavy atom. The van der Waals surface area contributed by atoms with Crippen molar-refractivity contribution in [2.24, 2.45) is 0 Å². The lowest BCUT2D eigenvalue weighted by Gasteiger charge is -2.32. The normalized spacial score (nSPS) is 29.2. The van der Waals surface area contributed by atoms with Crippen molar-refractivity contribution in [3.8, 4) is 18.1 Å². The van der Waals surface area contributed by atoms with Gasteiger partial charge >= 0.3 is 19.4 Å². The van der Waals surface area contributed by atoms with Crippen LogP contribution in [-0.4, -0.2) is 61.3 Å². The van der Waals surface area contributed by atoms with Crippen molar-refractivity contribution in [1.29, 1.82) is 0 Å². The number of H-pyrrole nitrogens is 1. The van der Waals surface area contributed by atoms with Crippen molar-refractivity contribution < 1.29 is 38.1 Å². The van der Waals surface area contributed by atoms with E-state index in [1.807, 2.05) is 24.8 Å². The van der Waals surface area contributed by atoms with Crippen molar-refractivity contribution in [2.45, 2.75) is 75.4 Å². The molecule has 1 aromatic carbocycles. The summed E-state index contributed by atoms with van der Waals surface area (Å²) in [5, 5.41) is 25.6. The Kier molecular flexibility index (Phi) is 8.36. The molecular weight excluding hydrogens is 569 g/mol. The minimum Gasteiger partial charge on any atom is -0.461 e. The second-order valence-electron chi connectivity index (χ2n) is 9.46. The van der Waals surface area contributed by atoms with Crippen molar-refractivity contribution in [3.63, 3.8) is 0 Å². The second kappa shape index (κ2) is 11.1. The van der Waals surface area contributed by atoms with E-state index in [1.165, 1.54) is 31.2 Å². The number of hydrogen-bond donors (Lipinski definition) is 4. The van der Waals surface area contributed by atoms with E-state index in [-0.39, 0.29) is 11.9 Å². The SMILES string of the molecule is C#C[C@]1(O)[C@H](n2ccc(=O)[nH]c2=O)O[C@@H]2C(OP(=O)(N[C@@H](C)C(=O)OC(CC)CC)Oc3ccc(Cl)cc3)[C@@]21O. The van der Waals surface area contributed by atoms with E-state index in [0.717, 1.165) is 16.8 Å². The van der Waals surface area contributed by atoms with E-state index in [9.17, 15) is 29.2 Å². The number of hydrogen-bond acceptors (Lipinski definition) is 10. The molecule has 0 spiro atoms. The first-order valence-electron chi connectivity index (χ1n) is 12.4. The predicted octanol–water partition coefficient (Wildman–Crippen LogP) is 1.48. The summed E-state index contributed by atoms with van der Waals surface area (Å²) >= 11 is 5.92. The van der Waals surface area contributed by atoms with Gasteiger partial charge in [-0.15, -0.1) is 6.42 Å². The average Bonchev–Trinajstić information content (AvgIpc) is 3.38. The first-order valence-corrected chi connectivity index (χ1v) is 14.3. The third kappa shape index (κ3) is 5.36. The molecule has 13 nitrogen and oxygen atoms in total. The number of terminal acetylenes is 1. The number of halogens is 1. The minimum atomic E-state index is -4.52. The van der Waals surface area contributed by atoms with E-state index in [1.54, 1.807) is 0 Å². The van der Waals surface area contributed by atoms with Crippen molar-refractivity contribution in [3.05, 3.63) is 62.4 Å². The molecule has 2 aromatic rings. The Labute approximate surface area is 233 Å². The van der Waals surface area contributed by atoms with E-state index >= 15 is 0 Å². The number of esters is 1. The highest BCUT2D eigenvalue weighted by molar-refractivity contribution is 7.52. The van der Waals surface area contributed by atoms with Crippen molar-refractivity contribution in [2.75, 3.05) is 0 Å². The van der Waals surface area contributed by atoms with E-state index in [4.69, 9.17) is 36.5 Å². The lowest BCUT2D eigenvalue weighted by atomic mass is 9.94. The van der Waals surface area contributed by atoms with Crippen LogP contribution in [-0.2, 0) is 23.4 Å². The zero-order valence-electron chi connectivity index (χ0n) is 21.8. The molecule has 7 atom stereocenters. The van der Waals surface area contributed by atoms with Gasteiger partial charge in [0.15, 0.2) is 11.8 Å². The number of benzene rings is 1. The third-order valence-corrected chi connectivity index (χ3v) is 8.70. The zero-order chi connectivity index (χ0) is 29.5. The van der Waals surface area contributed by atoms with Crippen LogP contribution in [0.15, 0.2) is 46.1 Å². The highest BCUT2D eigenvalue weighted by Crippen LogP contribution is 2.64. The van der Waals surface area contributed by atoms with Gasteiger partial charge in [0.25, 0.3) is 5.56 Å². The Balaban J connectivity index is 1.60. The van der Waals surface area contributed by atoms with E-state index in [2.05, 4.69) is 5.09 Å². The molecule has 2 heterocycles. The zero-order valence-corrected chi connectivity index (χ0v) is 23.4. The molecule has 1 saturated carbocycles. The van der Waals surface area contributed by atoms with Crippen LogP contribution in [0.3, 0.4) is 0 Å². The number of nitrogens with zero attached hydrogens (tertiary/aromatic N) is 1. The molecule has 2 unspecified atom stereocenters. The van der Waals surface area contributed by atoms with Gasteiger partial charge in [-0.3, -0.25) is 23.7 Å². The summed E-state index contributed by atoms with van der Waals surface area (Å²) in [6.07, 6.45) is 2.89. The number of carbonyl (C=O) groups excluding carboxylic acids is 1. The molecule has 4 N–H and O–H groups in total. The molecule has 2 aliphatic rings. The molecule has 15 heteroatoms. The largest absolute Gasteiger partial charge is 0.461 e. The molecule has 4 rings (SSSR count). The summed E-state index contributed by atoms with van der Waals surface area (Å²) in [6, 6.07) is 5.57. The summed E-state index contributed by atoms with van der Waals surface area (Å²) in [4.78, 5) is 38.4. The van der Waals surface area contributed by atoms with Crippen LogP contribution in [0.25, 0.3) is 0 Å². The number of rotatable bonds is 11. The summed E-state index contributed by atoms with van der Waals surface area (Å²) in [5.74, 6) is 1.36. The fraction of sp³-hybridized carbons (Fsp3) is 0.480. The predicted molar refractivity (Wildman–Crippen MR) is 142 cm³/mol. The minimum absolute atomic E-state index is 0.0457. The standard InChI is InChI=1S/C25H29ClN3O10P/c1-5-16(6-2)36-21(31)14(4)28-40(35,38-17-10-8-15(26)9-11-17)39-20-19-25(20,34)24(33,7-3)22(37-19)29-13-12-18(30)27-23(29)32/h3,8-14,16,19-20,22,33-34H,5-6H2,1-2,4H3,(H,28,35)(H,27,30,32)/t14-,19+,20?,22+,24-,25-,40?/m0/s1. The number of nitrogens with one attached hydrogen (secondary N) is 2. The average molecular weight is 598 g/mol. The number of aliphatic hydroxyl groups is 2. The molecule has 1 aliphatic carbocycles. The summed E-state index contributed by atoms with van der Waals surface area (Å²) in [7, 11) is -4.52. The Morgan fingerprint density at radius 1 is 1.27 bits per heavy atom. The maximum Gasteiger partial charge on any atom is 0.459 e. The van der Waals surface area contributed by atoms with Crippen LogP contribution < -0.4 is 20.9 Å². The lowest BCUT2D eigenvalue weighted by Crippen LogP contribution is -2.52. The topological polar surface area (TPSA) is 178 Å². The van der Waals surface area contributed by atoms with Crippen molar-refractivity contribution in [1.82, 2.24) is 14.6 Å². The fourth-order valence-electron chi connectivity index (χ4n) is 4.43. The molecule has 0 bridgehead atoms. The highest BCUT2D eigenvalue weighted by Gasteiger charge is 2.85. The van der Waals surface area contributed by atoms with Crippen molar-refractivity contribution >= 4 is 25.3 Å². The Hall–Kier alpha value is -2.95. The fourth-order valence-corrected chi connectivity index (χ4v) is 6.26. The molecule has 2 fully saturated rings.